The Morgan fingerprint density at radius 3 is 2.61 bits per heavy atom. The Morgan fingerprint density at radius 2 is 1.89 bits per heavy atom. The number of benzene rings is 1. The lowest BCUT2D eigenvalue weighted by Crippen LogP contribution is -2.61. The van der Waals surface area contributed by atoms with Crippen LogP contribution in [0, 0.1) is 12.8 Å². The molecule has 0 saturated carbocycles. The fraction of sp³-hybridized carbons (Fsp3) is 0.370. The molecule has 3 aromatic rings. The maximum absolute atomic E-state index is 13.2. The molecule has 4 rings (SSSR count). The smallest absolute Gasteiger partial charge is 0.286 e. The van der Waals surface area contributed by atoms with Crippen molar-refractivity contribution in [3.05, 3.63) is 77.3 Å². The summed E-state index contributed by atoms with van der Waals surface area (Å²) in [6.45, 7) is 4.96. The summed E-state index contributed by atoms with van der Waals surface area (Å²) in [6.07, 6.45) is 3.79. The van der Waals surface area contributed by atoms with Crippen LogP contribution < -0.4 is 10.6 Å². The molecular formula is C27H30N6O5. The standard InChI is InChI=1S/C27H30N6O5/c1-16(2)24(25(36)27-32-31-22(38-27)13-19-6-4-5-17(3)11-19)30-21(34)15-33-20(26(37)29-14-23(33)35)12-18-7-9-28-10-8-18/h4-11,16,20,24H,12-15H2,1-3H3,(H,29,37)(H,30,34). The van der Waals surface area contributed by atoms with E-state index in [2.05, 4.69) is 25.8 Å². The van der Waals surface area contributed by atoms with E-state index >= 15 is 0 Å². The number of hydrogen-bond acceptors (Lipinski definition) is 8. The van der Waals surface area contributed by atoms with E-state index in [1.165, 1.54) is 4.90 Å². The molecule has 1 aliphatic rings. The van der Waals surface area contributed by atoms with Crippen LogP contribution in [0.4, 0.5) is 0 Å². The number of ketones is 1. The summed E-state index contributed by atoms with van der Waals surface area (Å²) in [5.41, 5.74) is 2.86. The molecular weight excluding hydrogens is 488 g/mol. The van der Waals surface area contributed by atoms with Gasteiger partial charge in [0, 0.05) is 18.8 Å². The predicted molar refractivity (Wildman–Crippen MR) is 136 cm³/mol. The van der Waals surface area contributed by atoms with Gasteiger partial charge in [-0.15, -0.1) is 10.2 Å². The minimum absolute atomic E-state index is 0.197. The maximum atomic E-state index is 13.2. The van der Waals surface area contributed by atoms with Crippen molar-refractivity contribution < 1.29 is 23.6 Å². The largest absolute Gasteiger partial charge is 0.418 e. The van der Waals surface area contributed by atoms with Crippen molar-refractivity contribution in [2.75, 3.05) is 13.1 Å². The second kappa shape index (κ2) is 11.8. The molecule has 3 heterocycles. The SMILES string of the molecule is Cc1cccc(Cc2nnc(C(=O)C(NC(=O)CN3C(=O)CNC(=O)C3Cc3ccncc3)C(C)C)o2)c1. The number of carbonyl (C=O) groups is 4. The van der Waals surface area contributed by atoms with Gasteiger partial charge in [-0.25, -0.2) is 0 Å². The predicted octanol–water partition coefficient (Wildman–Crippen LogP) is 1.26. The number of nitrogens with one attached hydrogen (secondary N) is 2. The lowest BCUT2D eigenvalue weighted by molar-refractivity contribution is -0.147. The minimum Gasteiger partial charge on any atom is -0.418 e. The van der Waals surface area contributed by atoms with Gasteiger partial charge in [-0.2, -0.15) is 0 Å². The van der Waals surface area contributed by atoms with Crippen LogP contribution in [0.3, 0.4) is 0 Å². The van der Waals surface area contributed by atoms with Crippen LogP contribution in [0.15, 0.2) is 53.2 Å². The number of Topliss-reactive ketones (excluding diaryl/α,β-unsaturated/α-hetero) is 1. The Hall–Kier alpha value is -4.41. The summed E-state index contributed by atoms with van der Waals surface area (Å²) in [5.74, 6) is -2.04. The van der Waals surface area contributed by atoms with E-state index in [-0.39, 0.29) is 49.0 Å². The molecule has 198 valence electrons. The number of nitrogens with zero attached hydrogens (tertiary/aromatic N) is 4. The number of piperazine rings is 1. The van der Waals surface area contributed by atoms with Crippen molar-refractivity contribution in [2.45, 2.75) is 45.7 Å². The highest BCUT2D eigenvalue weighted by molar-refractivity contribution is 6.00. The number of aryl methyl sites for hydroxylation is 1. The zero-order chi connectivity index (χ0) is 27.2. The van der Waals surface area contributed by atoms with Crippen LogP contribution in [0.2, 0.25) is 0 Å². The molecule has 2 N–H and O–H groups in total. The third kappa shape index (κ3) is 6.47. The zero-order valence-electron chi connectivity index (χ0n) is 21.5. The molecule has 0 aliphatic carbocycles. The normalized spacial score (nSPS) is 16.3. The highest BCUT2D eigenvalue weighted by Crippen LogP contribution is 2.16. The van der Waals surface area contributed by atoms with Crippen LogP contribution in [0.1, 0.15) is 47.1 Å². The van der Waals surface area contributed by atoms with Crippen molar-refractivity contribution in [3.8, 4) is 0 Å². The van der Waals surface area contributed by atoms with Gasteiger partial charge in [0.1, 0.15) is 12.6 Å². The fourth-order valence-electron chi connectivity index (χ4n) is 4.30. The molecule has 1 saturated heterocycles. The van der Waals surface area contributed by atoms with Gasteiger partial charge in [0.05, 0.1) is 19.0 Å². The Balaban J connectivity index is 1.43. The molecule has 0 spiro atoms. The molecule has 2 unspecified atom stereocenters. The Kier molecular flexibility index (Phi) is 8.25. The highest BCUT2D eigenvalue weighted by Gasteiger charge is 2.37. The number of pyridine rings is 1. The van der Waals surface area contributed by atoms with Crippen molar-refractivity contribution in [1.82, 2.24) is 30.7 Å². The third-order valence-electron chi connectivity index (χ3n) is 6.29. The van der Waals surface area contributed by atoms with E-state index < -0.39 is 23.8 Å². The van der Waals surface area contributed by atoms with E-state index in [1.807, 2.05) is 31.2 Å². The number of rotatable bonds is 10. The summed E-state index contributed by atoms with van der Waals surface area (Å²) in [6, 6.07) is 9.50. The average Bonchev–Trinajstić information content (AvgIpc) is 3.35. The van der Waals surface area contributed by atoms with Gasteiger partial charge in [-0.05, 0) is 36.1 Å². The highest BCUT2D eigenvalue weighted by atomic mass is 16.4. The molecule has 0 radical (unpaired) electrons. The molecule has 1 aromatic carbocycles. The van der Waals surface area contributed by atoms with E-state index in [0.29, 0.717) is 6.42 Å². The monoisotopic (exact) mass is 518 g/mol. The first-order valence-corrected chi connectivity index (χ1v) is 12.4. The summed E-state index contributed by atoms with van der Waals surface area (Å²) >= 11 is 0. The molecule has 11 nitrogen and oxygen atoms in total. The Labute approximate surface area is 220 Å². The lowest BCUT2D eigenvalue weighted by atomic mass is 9.99. The topological polar surface area (TPSA) is 147 Å². The number of carbonyl (C=O) groups excluding carboxylic acids is 4. The first-order valence-electron chi connectivity index (χ1n) is 12.4. The van der Waals surface area contributed by atoms with E-state index in [0.717, 1.165) is 16.7 Å². The fourth-order valence-corrected chi connectivity index (χ4v) is 4.30. The van der Waals surface area contributed by atoms with Gasteiger partial charge in [-0.3, -0.25) is 24.2 Å². The third-order valence-corrected chi connectivity index (χ3v) is 6.29. The lowest BCUT2D eigenvalue weighted by Gasteiger charge is -2.35. The van der Waals surface area contributed by atoms with Crippen LogP contribution in [-0.2, 0) is 27.2 Å². The maximum Gasteiger partial charge on any atom is 0.286 e. The number of hydrogen-bond donors (Lipinski definition) is 2. The summed E-state index contributed by atoms with van der Waals surface area (Å²) in [5, 5.41) is 13.2. The molecule has 1 aliphatic heterocycles. The Bertz CT molecular complexity index is 1320. The molecule has 2 atom stereocenters. The van der Waals surface area contributed by atoms with Gasteiger partial charge in [0.25, 0.3) is 5.89 Å². The van der Waals surface area contributed by atoms with Crippen LogP contribution >= 0.6 is 0 Å². The van der Waals surface area contributed by atoms with Crippen molar-refractivity contribution >= 4 is 23.5 Å². The van der Waals surface area contributed by atoms with Gasteiger partial charge in [0.15, 0.2) is 0 Å². The second-order valence-corrected chi connectivity index (χ2v) is 9.64. The quantitative estimate of drug-likeness (QED) is 0.381. The molecule has 38 heavy (non-hydrogen) atoms. The number of aromatic nitrogens is 3. The number of amides is 3. The molecule has 11 heteroatoms. The molecule has 0 bridgehead atoms. The Morgan fingerprint density at radius 1 is 1.13 bits per heavy atom. The first kappa shape index (κ1) is 26.6. The van der Waals surface area contributed by atoms with Crippen LogP contribution in [0.5, 0.6) is 0 Å². The van der Waals surface area contributed by atoms with E-state index in [4.69, 9.17) is 4.42 Å². The van der Waals surface area contributed by atoms with Gasteiger partial charge < -0.3 is 20.0 Å². The molecule has 1 fully saturated rings. The van der Waals surface area contributed by atoms with Crippen molar-refractivity contribution in [2.24, 2.45) is 5.92 Å². The molecule has 3 amide bonds. The van der Waals surface area contributed by atoms with Crippen molar-refractivity contribution in [1.29, 1.82) is 0 Å². The minimum atomic E-state index is -0.956. The second-order valence-electron chi connectivity index (χ2n) is 9.64. The summed E-state index contributed by atoms with van der Waals surface area (Å²) in [4.78, 5) is 56.6. The van der Waals surface area contributed by atoms with Crippen molar-refractivity contribution in [3.63, 3.8) is 0 Å². The zero-order valence-corrected chi connectivity index (χ0v) is 21.5. The van der Waals surface area contributed by atoms with E-state index in [9.17, 15) is 19.2 Å². The first-order chi connectivity index (χ1) is 18.2. The van der Waals surface area contributed by atoms with E-state index in [1.54, 1.807) is 38.4 Å². The average molecular weight is 519 g/mol. The summed E-state index contributed by atoms with van der Waals surface area (Å²) < 4.78 is 5.62. The van der Waals surface area contributed by atoms with Crippen LogP contribution in [0.25, 0.3) is 0 Å². The molecule has 2 aromatic heterocycles. The van der Waals surface area contributed by atoms with Crippen LogP contribution in [-0.4, -0.2) is 68.8 Å². The van der Waals surface area contributed by atoms with Gasteiger partial charge in [0.2, 0.25) is 29.4 Å². The van der Waals surface area contributed by atoms with Gasteiger partial charge >= 0.3 is 0 Å². The van der Waals surface area contributed by atoms with Gasteiger partial charge in [-0.1, -0.05) is 43.7 Å². The summed E-state index contributed by atoms with van der Waals surface area (Å²) in [7, 11) is 0.